The Hall–Kier alpha value is -1.89. The summed E-state index contributed by atoms with van der Waals surface area (Å²) in [6.07, 6.45) is 1.48. The highest BCUT2D eigenvalue weighted by Gasteiger charge is 2.19. The van der Waals surface area contributed by atoms with E-state index in [2.05, 4.69) is 4.98 Å². The molecule has 2 aromatic heterocycles. The summed E-state index contributed by atoms with van der Waals surface area (Å²) in [5, 5.41) is 0. The third-order valence-corrected chi connectivity index (χ3v) is 3.73. The highest BCUT2D eigenvalue weighted by atomic mass is 16.2. The lowest BCUT2D eigenvalue weighted by Gasteiger charge is -2.10. The van der Waals surface area contributed by atoms with Gasteiger partial charge < -0.3 is 10.3 Å². The molecule has 0 saturated carbocycles. The molecular weight excluding hydrogens is 270 g/mol. The number of fused-ring (bicyclic) bond motifs is 1. The van der Waals surface area contributed by atoms with Gasteiger partial charge in [-0.15, -0.1) is 0 Å². The maximum absolute atomic E-state index is 12.6. The standard InChI is InChI=1S/C14H23N5O2/c1-4-10-16-12-11(19(10)9-7-8-15)13(20)18(6-3)14(21)17(12)5-2/h4-9,15H2,1-3H3. The van der Waals surface area contributed by atoms with Crippen LogP contribution in [-0.4, -0.2) is 25.2 Å². The molecule has 2 aromatic rings. The van der Waals surface area contributed by atoms with Crippen LogP contribution in [0.25, 0.3) is 11.2 Å². The molecule has 0 atom stereocenters. The van der Waals surface area contributed by atoms with Gasteiger partial charge in [-0.2, -0.15) is 0 Å². The number of rotatable bonds is 6. The molecule has 7 heteroatoms. The first-order chi connectivity index (χ1) is 10.1. The Morgan fingerprint density at radius 1 is 1.05 bits per heavy atom. The van der Waals surface area contributed by atoms with Gasteiger partial charge in [0.15, 0.2) is 11.2 Å². The van der Waals surface area contributed by atoms with Crippen LogP contribution in [0.15, 0.2) is 9.59 Å². The zero-order valence-electron chi connectivity index (χ0n) is 12.9. The van der Waals surface area contributed by atoms with Crippen molar-refractivity contribution >= 4 is 11.2 Å². The van der Waals surface area contributed by atoms with Crippen LogP contribution >= 0.6 is 0 Å². The second-order valence-electron chi connectivity index (χ2n) is 4.92. The maximum atomic E-state index is 12.6. The fourth-order valence-corrected chi connectivity index (χ4v) is 2.66. The van der Waals surface area contributed by atoms with E-state index in [1.165, 1.54) is 4.57 Å². The van der Waals surface area contributed by atoms with Crippen molar-refractivity contribution in [1.29, 1.82) is 0 Å². The van der Waals surface area contributed by atoms with E-state index in [1.807, 2.05) is 18.4 Å². The highest BCUT2D eigenvalue weighted by Crippen LogP contribution is 2.13. The zero-order chi connectivity index (χ0) is 15.6. The number of aryl methyl sites for hydroxylation is 3. The lowest BCUT2D eigenvalue weighted by Crippen LogP contribution is -2.40. The van der Waals surface area contributed by atoms with E-state index in [0.717, 1.165) is 12.2 Å². The van der Waals surface area contributed by atoms with Gasteiger partial charge in [-0.05, 0) is 26.8 Å². The summed E-state index contributed by atoms with van der Waals surface area (Å²) in [5.74, 6) is 0.825. The summed E-state index contributed by atoms with van der Waals surface area (Å²) in [4.78, 5) is 29.5. The van der Waals surface area contributed by atoms with Gasteiger partial charge in [-0.3, -0.25) is 13.9 Å². The minimum atomic E-state index is -0.288. The third kappa shape index (κ3) is 2.42. The summed E-state index contributed by atoms with van der Waals surface area (Å²) in [6, 6.07) is 0. The molecule has 0 bridgehead atoms. The summed E-state index contributed by atoms with van der Waals surface area (Å²) >= 11 is 0. The van der Waals surface area contributed by atoms with E-state index in [0.29, 0.717) is 43.8 Å². The predicted octanol–water partition coefficient (Wildman–Crippen LogP) is 0.311. The molecule has 0 radical (unpaired) electrons. The average Bonchev–Trinajstić information content (AvgIpc) is 2.84. The summed E-state index contributed by atoms with van der Waals surface area (Å²) in [6.45, 7) is 7.73. The fraction of sp³-hybridized carbons (Fsp3) is 0.643. The highest BCUT2D eigenvalue weighted by molar-refractivity contribution is 5.71. The Bertz CT molecular complexity index is 753. The van der Waals surface area contributed by atoms with Crippen LogP contribution in [0.5, 0.6) is 0 Å². The molecule has 116 valence electrons. The van der Waals surface area contributed by atoms with E-state index >= 15 is 0 Å². The molecule has 7 nitrogen and oxygen atoms in total. The maximum Gasteiger partial charge on any atom is 0.332 e. The van der Waals surface area contributed by atoms with Crippen molar-refractivity contribution in [1.82, 2.24) is 18.7 Å². The van der Waals surface area contributed by atoms with E-state index in [4.69, 9.17) is 5.73 Å². The van der Waals surface area contributed by atoms with Gasteiger partial charge in [0.25, 0.3) is 5.56 Å². The van der Waals surface area contributed by atoms with Crippen LogP contribution in [0.2, 0.25) is 0 Å². The fourth-order valence-electron chi connectivity index (χ4n) is 2.66. The molecule has 0 saturated heterocycles. The van der Waals surface area contributed by atoms with Crippen molar-refractivity contribution in [3.8, 4) is 0 Å². The molecule has 0 unspecified atom stereocenters. The van der Waals surface area contributed by atoms with Crippen molar-refractivity contribution in [2.24, 2.45) is 5.73 Å². The van der Waals surface area contributed by atoms with Crippen LogP contribution in [0.3, 0.4) is 0 Å². The van der Waals surface area contributed by atoms with Crippen molar-refractivity contribution in [3.05, 3.63) is 26.7 Å². The topological polar surface area (TPSA) is 87.8 Å². The molecule has 0 amide bonds. The smallest absolute Gasteiger partial charge is 0.330 e. The predicted molar refractivity (Wildman–Crippen MR) is 82.7 cm³/mol. The normalized spacial score (nSPS) is 11.4. The van der Waals surface area contributed by atoms with Crippen molar-refractivity contribution in [2.75, 3.05) is 6.54 Å². The van der Waals surface area contributed by atoms with Gasteiger partial charge in [-0.25, -0.2) is 9.78 Å². The summed E-state index contributed by atoms with van der Waals surface area (Å²) in [5.41, 5.74) is 6.05. The Morgan fingerprint density at radius 2 is 1.71 bits per heavy atom. The van der Waals surface area contributed by atoms with Crippen LogP contribution in [0.4, 0.5) is 0 Å². The minimum Gasteiger partial charge on any atom is -0.330 e. The second kappa shape index (κ2) is 6.26. The molecule has 0 aliphatic carbocycles. The molecule has 0 fully saturated rings. The molecule has 2 heterocycles. The van der Waals surface area contributed by atoms with Crippen molar-refractivity contribution in [2.45, 2.75) is 53.2 Å². The molecule has 21 heavy (non-hydrogen) atoms. The number of aromatic nitrogens is 4. The molecule has 0 aliphatic heterocycles. The summed E-state index contributed by atoms with van der Waals surface area (Å²) < 4.78 is 4.76. The average molecular weight is 293 g/mol. The van der Waals surface area contributed by atoms with Gasteiger partial charge in [0.1, 0.15) is 5.82 Å². The first-order valence-electron chi connectivity index (χ1n) is 7.53. The first kappa shape index (κ1) is 15.5. The van der Waals surface area contributed by atoms with E-state index in [1.54, 1.807) is 11.5 Å². The van der Waals surface area contributed by atoms with E-state index < -0.39 is 0 Å². The molecule has 2 N–H and O–H groups in total. The lowest BCUT2D eigenvalue weighted by molar-refractivity contribution is 0.597. The molecule has 2 rings (SSSR count). The Balaban J connectivity index is 2.90. The Morgan fingerprint density at radius 3 is 2.24 bits per heavy atom. The first-order valence-corrected chi connectivity index (χ1v) is 7.53. The molecular formula is C14H23N5O2. The molecule has 0 aromatic carbocycles. The lowest BCUT2D eigenvalue weighted by atomic mass is 10.3. The second-order valence-corrected chi connectivity index (χ2v) is 4.92. The van der Waals surface area contributed by atoms with Gasteiger partial charge in [0.05, 0.1) is 0 Å². The minimum absolute atomic E-state index is 0.258. The van der Waals surface area contributed by atoms with Crippen molar-refractivity contribution < 1.29 is 0 Å². The van der Waals surface area contributed by atoms with Crippen LogP contribution in [0.1, 0.15) is 33.0 Å². The zero-order valence-corrected chi connectivity index (χ0v) is 12.9. The van der Waals surface area contributed by atoms with Gasteiger partial charge in [0, 0.05) is 26.1 Å². The van der Waals surface area contributed by atoms with E-state index in [-0.39, 0.29) is 11.2 Å². The van der Waals surface area contributed by atoms with Crippen LogP contribution in [-0.2, 0) is 26.1 Å². The Labute approximate surface area is 123 Å². The third-order valence-electron chi connectivity index (χ3n) is 3.73. The SMILES string of the molecule is CCc1nc2c(c(=O)n(CC)c(=O)n2CC)n1CCCN. The summed E-state index contributed by atoms with van der Waals surface area (Å²) in [7, 11) is 0. The number of imidazole rings is 1. The number of hydrogen-bond acceptors (Lipinski definition) is 4. The number of hydrogen-bond donors (Lipinski definition) is 1. The molecule has 0 aliphatic rings. The Kier molecular flexibility index (Phi) is 4.62. The number of nitrogens with zero attached hydrogens (tertiary/aromatic N) is 4. The van der Waals surface area contributed by atoms with Gasteiger partial charge in [0.2, 0.25) is 0 Å². The number of nitrogens with two attached hydrogens (primary N) is 1. The van der Waals surface area contributed by atoms with Crippen LogP contribution < -0.4 is 17.0 Å². The van der Waals surface area contributed by atoms with Gasteiger partial charge >= 0.3 is 5.69 Å². The largest absolute Gasteiger partial charge is 0.332 e. The van der Waals surface area contributed by atoms with E-state index in [9.17, 15) is 9.59 Å². The van der Waals surface area contributed by atoms with Gasteiger partial charge in [-0.1, -0.05) is 6.92 Å². The quantitative estimate of drug-likeness (QED) is 0.830. The van der Waals surface area contributed by atoms with Crippen molar-refractivity contribution in [3.63, 3.8) is 0 Å². The monoisotopic (exact) mass is 293 g/mol. The van der Waals surface area contributed by atoms with Crippen LogP contribution in [0, 0.1) is 0 Å². The molecule has 0 spiro atoms.